The maximum atomic E-state index is 12.6. The van der Waals surface area contributed by atoms with Gasteiger partial charge >= 0.3 is 12.3 Å². The standard InChI is InChI=1S/C16H21F3N2O4S/c1-12(2)11-25-15(22)20-7-9-21(10-8-20)26(23,24)14-5-3-13(4-6-14)16(17,18)19/h3-6,12H,7-11H2,1-2H3. The van der Waals surface area contributed by atoms with Gasteiger partial charge < -0.3 is 9.64 Å². The fraction of sp³-hybridized carbons (Fsp3) is 0.562. The topological polar surface area (TPSA) is 66.9 Å². The predicted octanol–water partition coefficient (Wildman–Crippen LogP) is 2.80. The molecule has 26 heavy (non-hydrogen) atoms. The number of rotatable bonds is 4. The van der Waals surface area contributed by atoms with Crippen molar-refractivity contribution in [2.24, 2.45) is 5.92 Å². The minimum atomic E-state index is -4.52. The molecule has 146 valence electrons. The van der Waals surface area contributed by atoms with Crippen molar-refractivity contribution in [3.63, 3.8) is 0 Å². The number of sulfonamides is 1. The van der Waals surface area contributed by atoms with Gasteiger partial charge in [-0.2, -0.15) is 17.5 Å². The minimum Gasteiger partial charge on any atom is -0.449 e. The van der Waals surface area contributed by atoms with Gasteiger partial charge in [0.2, 0.25) is 10.0 Å². The van der Waals surface area contributed by atoms with Crippen LogP contribution >= 0.6 is 0 Å². The summed E-state index contributed by atoms with van der Waals surface area (Å²) in [5, 5.41) is 0. The van der Waals surface area contributed by atoms with E-state index in [1.807, 2.05) is 13.8 Å². The van der Waals surface area contributed by atoms with Crippen molar-refractivity contribution < 1.29 is 31.1 Å². The molecule has 0 atom stereocenters. The van der Waals surface area contributed by atoms with Gasteiger partial charge in [0, 0.05) is 26.2 Å². The van der Waals surface area contributed by atoms with Gasteiger partial charge in [0.1, 0.15) is 0 Å². The molecule has 1 aliphatic rings. The van der Waals surface area contributed by atoms with Crippen LogP contribution < -0.4 is 0 Å². The number of piperazine rings is 1. The van der Waals surface area contributed by atoms with Gasteiger partial charge in [-0.25, -0.2) is 13.2 Å². The molecule has 1 fully saturated rings. The third-order valence-corrected chi connectivity index (χ3v) is 5.77. The summed E-state index contributed by atoms with van der Waals surface area (Å²) in [6.07, 6.45) is -5.02. The quantitative estimate of drug-likeness (QED) is 0.788. The lowest BCUT2D eigenvalue weighted by atomic mass is 10.2. The molecule has 1 amide bonds. The number of carbonyl (C=O) groups is 1. The molecule has 6 nitrogen and oxygen atoms in total. The summed E-state index contributed by atoms with van der Waals surface area (Å²) in [6, 6.07) is 3.38. The number of hydrogen-bond acceptors (Lipinski definition) is 4. The van der Waals surface area contributed by atoms with Crippen LogP contribution in [0.4, 0.5) is 18.0 Å². The Labute approximate surface area is 150 Å². The van der Waals surface area contributed by atoms with E-state index in [0.29, 0.717) is 0 Å². The largest absolute Gasteiger partial charge is 0.449 e. The Morgan fingerprint density at radius 1 is 1.12 bits per heavy atom. The number of halogens is 3. The van der Waals surface area contributed by atoms with Crippen LogP contribution in [0.15, 0.2) is 29.2 Å². The molecule has 0 unspecified atom stereocenters. The number of carbonyl (C=O) groups excluding carboxylic acids is 1. The first-order valence-electron chi connectivity index (χ1n) is 8.11. The predicted molar refractivity (Wildman–Crippen MR) is 88.0 cm³/mol. The van der Waals surface area contributed by atoms with Gasteiger partial charge in [-0.3, -0.25) is 0 Å². The van der Waals surface area contributed by atoms with Crippen LogP contribution in [0, 0.1) is 5.92 Å². The van der Waals surface area contributed by atoms with E-state index in [0.717, 1.165) is 28.6 Å². The molecule has 0 spiro atoms. The SMILES string of the molecule is CC(C)COC(=O)N1CCN(S(=O)(=O)c2ccc(C(F)(F)F)cc2)CC1. The van der Waals surface area contributed by atoms with E-state index in [-0.39, 0.29) is 43.6 Å². The fourth-order valence-corrected chi connectivity index (χ4v) is 3.83. The molecule has 1 saturated heterocycles. The van der Waals surface area contributed by atoms with Gasteiger partial charge in [-0.1, -0.05) is 13.8 Å². The molecule has 0 aliphatic carbocycles. The summed E-state index contributed by atoms with van der Waals surface area (Å²) in [6.45, 7) is 4.53. The van der Waals surface area contributed by atoms with Crippen molar-refractivity contribution in [1.29, 1.82) is 0 Å². The fourth-order valence-electron chi connectivity index (χ4n) is 2.41. The highest BCUT2D eigenvalue weighted by atomic mass is 32.2. The van der Waals surface area contributed by atoms with E-state index in [4.69, 9.17) is 4.74 Å². The van der Waals surface area contributed by atoms with Crippen LogP contribution in [0.3, 0.4) is 0 Å². The van der Waals surface area contributed by atoms with E-state index in [1.165, 1.54) is 4.90 Å². The number of amides is 1. The molecule has 2 rings (SSSR count). The molecule has 1 aromatic carbocycles. The van der Waals surface area contributed by atoms with Crippen molar-refractivity contribution in [1.82, 2.24) is 9.21 Å². The van der Waals surface area contributed by atoms with Gasteiger partial charge in [-0.15, -0.1) is 0 Å². The highest BCUT2D eigenvalue weighted by molar-refractivity contribution is 7.89. The zero-order chi connectivity index (χ0) is 19.5. The van der Waals surface area contributed by atoms with Crippen molar-refractivity contribution in [3.8, 4) is 0 Å². The number of nitrogens with zero attached hydrogens (tertiary/aromatic N) is 2. The highest BCUT2D eigenvalue weighted by Gasteiger charge is 2.33. The first-order valence-corrected chi connectivity index (χ1v) is 9.55. The van der Waals surface area contributed by atoms with Gasteiger partial charge in [0.25, 0.3) is 0 Å². The highest BCUT2D eigenvalue weighted by Crippen LogP contribution is 2.30. The van der Waals surface area contributed by atoms with Gasteiger partial charge in [0.05, 0.1) is 17.1 Å². The zero-order valence-electron chi connectivity index (χ0n) is 14.5. The number of ether oxygens (including phenoxy) is 1. The summed E-state index contributed by atoms with van der Waals surface area (Å²) < 4.78 is 69.1. The molecular formula is C16H21F3N2O4S. The van der Waals surface area contributed by atoms with Crippen molar-refractivity contribution >= 4 is 16.1 Å². The summed E-state index contributed by atoms with van der Waals surface area (Å²) in [5.41, 5.74) is -0.908. The van der Waals surface area contributed by atoms with Crippen LogP contribution in [0.1, 0.15) is 19.4 Å². The van der Waals surface area contributed by atoms with Crippen LogP contribution in [0.25, 0.3) is 0 Å². The monoisotopic (exact) mass is 394 g/mol. The van der Waals surface area contributed by atoms with E-state index >= 15 is 0 Å². The number of alkyl halides is 3. The van der Waals surface area contributed by atoms with Crippen molar-refractivity contribution in [2.45, 2.75) is 24.9 Å². The van der Waals surface area contributed by atoms with Crippen LogP contribution in [0.2, 0.25) is 0 Å². The Bertz CT molecular complexity index is 725. The van der Waals surface area contributed by atoms with E-state index in [1.54, 1.807) is 0 Å². The molecule has 0 bridgehead atoms. The average Bonchev–Trinajstić information content (AvgIpc) is 2.59. The van der Waals surface area contributed by atoms with Gasteiger partial charge in [-0.05, 0) is 30.2 Å². The molecule has 10 heteroatoms. The number of hydrogen-bond donors (Lipinski definition) is 0. The molecule has 0 radical (unpaired) electrons. The lowest BCUT2D eigenvalue weighted by Crippen LogP contribution is -2.50. The molecule has 1 aliphatic heterocycles. The molecular weight excluding hydrogens is 373 g/mol. The third kappa shape index (κ3) is 4.88. The second-order valence-corrected chi connectivity index (χ2v) is 8.32. The third-order valence-electron chi connectivity index (χ3n) is 3.86. The summed E-state index contributed by atoms with van der Waals surface area (Å²) in [5.74, 6) is 0.195. The first-order chi connectivity index (χ1) is 12.0. The lowest BCUT2D eigenvalue weighted by molar-refractivity contribution is -0.137. The smallest absolute Gasteiger partial charge is 0.416 e. The Morgan fingerprint density at radius 3 is 2.12 bits per heavy atom. The van der Waals surface area contributed by atoms with Crippen LogP contribution in [0.5, 0.6) is 0 Å². The minimum absolute atomic E-state index is 0.0557. The number of benzene rings is 1. The molecule has 0 N–H and O–H groups in total. The summed E-state index contributed by atoms with van der Waals surface area (Å²) in [7, 11) is -3.91. The van der Waals surface area contributed by atoms with Crippen LogP contribution in [-0.4, -0.2) is 56.5 Å². The molecule has 1 heterocycles. The molecule has 1 aromatic rings. The molecule has 0 aromatic heterocycles. The van der Waals surface area contributed by atoms with Crippen LogP contribution in [-0.2, 0) is 20.9 Å². The maximum absolute atomic E-state index is 12.6. The van der Waals surface area contributed by atoms with Crippen molar-refractivity contribution in [3.05, 3.63) is 29.8 Å². The van der Waals surface area contributed by atoms with Gasteiger partial charge in [0.15, 0.2) is 0 Å². The Morgan fingerprint density at radius 2 is 1.65 bits per heavy atom. The van der Waals surface area contributed by atoms with E-state index in [9.17, 15) is 26.4 Å². The normalized spacial score (nSPS) is 16.8. The zero-order valence-corrected chi connectivity index (χ0v) is 15.3. The second-order valence-electron chi connectivity index (χ2n) is 6.38. The van der Waals surface area contributed by atoms with E-state index < -0.39 is 27.9 Å². The summed E-state index contributed by atoms with van der Waals surface area (Å²) >= 11 is 0. The Balaban J connectivity index is 2.00. The Hall–Kier alpha value is -1.81. The van der Waals surface area contributed by atoms with E-state index in [2.05, 4.69) is 0 Å². The second kappa shape index (κ2) is 7.83. The molecule has 0 saturated carbocycles. The Kier molecular flexibility index (Phi) is 6.17. The van der Waals surface area contributed by atoms with Crippen molar-refractivity contribution in [2.75, 3.05) is 32.8 Å². The first kappa shape index (κ1) is 20.5. The lowest BCUT2D eigenvalue weighted by Gasteiger charge is -2.33. The maximum Gasteiger partial charge on any atom is 0.416 e. The summed E-state index contributed by atoms with van der Waals surface area (Å²) in [4.78, 5) is 13.1. The average molecular weight is 394 g/mol.